The summed E-state index contributed by atoms with van der Waals surface area (Å²) in [5.41, 5.74) is 2.53. The van der Waals surface area contributed by atoms with Gasteiger partial charge >= 0.3 is 0 Å². The summed E-state index contributed by atoms with van der Waals surface area (Å²) >= 11 is 0. The van der Waals surface area contributed by atoms with Crippen molar-refractivity contribution >= 4 is 27.3 Å². The van der Waals surface area contributed by atoms with Crippen LogP contribution in [-0.4, -0.2) is 19.5 Å². The van der Waals surface area contributed by atoms with Crippen LogP contribution in [0.1, 0.15) is 46.1 Å². The molecule has 0 atom stereocenters. The van der Waals surface area contributed by atoms with Crippen LogP contribution in [0.15, 0.2) is 57.9 Å². The Labute approximate surface area is 169 Å². The number of nitrogens with zero attached hydrogens (tertiary/aromatic N) is 1. The summed E-state index contributed by atoms with van der Waals surface area (Å²) < 4.78 is 33.5. The van der Waals surface area contributed by atoms with E-state index in [1.165, 1.54) is 6.07 Å². The predicted molar refractivity (Wildman–Crippen MR) is 110 cm³/mol. The van der Waals surface area contributed by atoms with Crippen molar-refractivity contribution in [1.29, 1.82) is 0 Å². The number of sulfonamides is 1. The van der Waals surface area contributed by atoms with Crippen molar-refractivity contribution in [2.24, 2.45) is 0 Å². The lowest BCUT2D eigenvalue weighted by Gasteiger charge is -2.13. The Morgan fingerprint density at radius 2 is 1.86 bits per heavy atom. The second-order valence-corrected chi connectivity index (χ2v) is 8.95. The van der Waals surface area contributed by atoms with Gasteiger partial charge in [0.1, 0.15) is 5.76 Å². The standard InChI is InChI=1S/C21H21N3O4S/c1-13-4-3-5-17(10-13)24-29(26,27)20-11-16(9-6-14(20)2)22-21(25)18-12-19(28-23-18)15-7-8-15/h3-6,9-12,15,24H,7-8H2,1-2H3,(H,22,25). The molecule has 1 aromatic heterocycles. The van der Waals surface area contributed by atoms with Crippen LogP contribution in [0, 0.1) is 13.8 Å². The summed E-state index contributed by atoms with van der Waals surface area (Å²) in [7, 11) is -3.82. The number of carbonyl (C=O) groups excluding carboxylic acids is 1. The van der Waals surface area contributed by atoms with E-state index in [2.05, 4.69) is 15.2 Å². The highest BCUT2D eigenvalue weighted by molar-refractivity contribution is 7.92. The summed E-state index contributed by atoms with van der Waals surface area (Å²) in [5.74, 6) is 0.622. The third kappa shape index (κ3) is 4.32. The molecule has 0 spiro atoms. The van der Waals surface area contributed by atoms with Gasteiger partial charge < -0.3 is 9.84 Å². The number of aromatic nitrogens is 1. The Hall–Kier alpha value is -3.13. The van der Waals surface area contributed by atoms with Crippen molar-refractivity contribution in [2.75, 3.05) is 10.0 Å². The minimum absolute atomic E-state index is 0.0932. The zero-order valence-corrected chi connectivity index (χ0v) is 16.9. The normalized spacial score (nSPS) is 13.9. The zero-order chi connectivity index (χ0) is 20.6. The van der Waals surface area contributed by atoms with Gasteiger partial charge in [-0.25, -0.2) is 8.42 Å². The molecule has 7 nitrogen and oxygen atoms in total. The average molecular weight is 411 g/mol. The Bertz CT molecular complexity index is 1180. The first-order chi connectivity index (χ1) is 13.8. The molecule has 0 bridgehead atoms. The summed E-state index contributed by atoms with van der Waals surface area (Å²) in [5, 5.41) is 6.50. The van der Waals surface area contributed by atoms with Crippen molar-refractivity contribution < 1.29 is 17.7 Å². The van der Waals surface area contributed by atoms with Gasteiger partial charge in [-0.3, -0.25) is 9.52 Å². The summed E-state index contributed by atoms with van der Waals surface area (Å²) in [6, 6.07) is 13.5. The molecule has 150 valence electrons. The van der Waals surface area contributed by atoms with Crippen molar-refractivity contribution in [1.82, 2.24) is 5.16 Å². The first-order valence-corrected chi connectivity index (χ1v) is 10.8. The van der Waals surface area contributed by atoms with Crippen molar-refractivity contribution in [2.45, 2.75) is 37.5 Å². The van der Waals surface area contributed by atoms with Gasteiger partial charge in [-0.05, 0) is 62.1 Å². The number of nitrogens with one attached hydrogen (secondary N) is 2. The van der Waals surface area contributed by atoms with Gasteiger partial charge in [0.05, 0.1) is 4.90 Å². The van der Waals surface area contributed by atoms with Crippen molar-refractivity contribution in [3.63, 3.8) is 0 Å². The van der Waals surface area contributed by atoms with Gasteiger partial charge in [-0.1, -0.05) is 23.4 Å². The van der Waals surface area contributed by atoms with Crippen molar-refractivity contribution in [3.05, 3.63) is 71.1 Å². The molecule has 2 N–H and O–H groups in total. The molecule has 8 heteroatoms. The molecule has 3 aromatic rings. The van der Waals surface area contributed by atoms with Crippen LogP contribution >= 0.6 is 0 Å². The smallest absolute Gasteiger partial charge is 0.277 e. The minimum atomic E-state index is -3.82. The fourth-order valence-electron chi connectivity index (χ4n) is 3.04. The van der Waals surface area contributed by atoms with E-state index < -0.39 is 15.9 Å². The Kier molecular flexibility index (Phi) is 4.87. The molecule has 1 amide bonds. The van der Waals surface area contributed by atoms with E-state index in [4.69, 9.17) is 4.52 Å². The predicted octanol–water partition coefficient (Wildman–Crippen LogP) is 4.22. The third-order valence-electron chi connectivity index (χ3n) is 4.75. The maximum Gasteiger partial charge on any atom is 0.277 e. The SMILES string of the molecule is Cc1cccc(NS(=O)(=O)c2cc(NC(=O)c3cc(C4CC4)on3)ccc2C)c1. The fourth-order valence-corrected chi connectivity index (χ4v) is 4.36. The molecule has 1 aliphatic rings. The molecule has 0 radical (unpaired) electrons. The number of hydrogen-bond donors (Lipinski definition) is 2. The lowest BCUT2D eigenvalue weighted by molar-refractivity contribution is 0.101. The second kappa shape index (κ2) is 7.36. The molecule has 29 heavy (non-hydrogen) atoms. The van der Waals surface area contributed by atoms with Crippen molar-refractivity contribution in [3.8, 4) is 0 Å². The summed E-state index contributed by atoms with van der Waals surface area (Å²) in [4.78, 5) is 12.5. The molecule has 1 fully saturated rings. The van der Waals surface area contributed by atoms with Gasteiger partial charge in [0.2, 0.25) is 0 Å². The first-order valence-electron chi connectivity index (χ1n) is 9.30. The highest BCUT2D eigenvalue weighted by Crippen LogP contribution is 2.40. The molecule has 1 heterocycles. The largest absolute Gasteiger partial charge is 0.360 e. The number of hydrogen-bond acceptors (Lipinski definition) is 5. The molecular formula is C21H21N3O4S. The van der Waals surface area contributed by atoms with Crippen LogP contribution in [0.5, 0.6) is 0 Å². The lowest BCUT2D eigenvalue weighted by Crippen LogP contribution is -2.16. The van der Waals surface area contributed by atoms with E-state index in [1.54, 1.807) is 43.3 Å². The van der Waals surface area contributed by atoms with Gasteiger partial charge in [0.15, 0.2) is 5.69 Å². The molecule has 0 aliphatic heterocycles. The maximum atomic E-state index is 12.9. The Balaban J connectivity index is 1.55. The van der Waals surface area contributed by atoms with E-state index in [0.717, 1.165) is 18.4 Å². The van der Waals surface area contributed by atoms with E-state index in [1.807, 2.05) is 13.0 Å². The quantitative estimate of drug-likeness (QED) is 0.632. The molecule has 1 saturated carbocycles. The van der Waals surface area contributed by atoms with E-state index in [0.29, 0.717) is 28.6 Å². The molecule has 2 aromatic carbocycles. The monoisotopic (exact) mass is 411 g/mol. The number of aryl methyl sites for hydroxylation is 2. The van der Waals surface area contributed by atoms with E-state index in [9.17, 15) is 13.2 Å². The van der Waals surface area contributed by atoms with Gasteiger partial charge in [0.25, 0.3) is 15.9 Å². The molecule has 4 rings (SSSR count). The minimum Gasteiger partial charge on any atom is -0.360 e. The van der Waals surface area contributed by atoms with Crippen LogP contribution < -0.4 is 10.0 Å². The highest BCUT2D eigenvalue weighted by Gasteiger charge is 2.29. The second-order valence-electron chi connectivity index (χ2n) is 7.30. The van der Waals surface area contributed by atoms with Crippen LogP contribution in [0.4, 0.5) is 11.4 Å². The fraction of sp³-hybridized carbons (Fsp3) is 0.238. The number of benzene rings is 2. The van der Waals surface area contributed by atoms with Gasteiger partial charge in [0, 0.05) is 23.4 Å². The highest BCUT2D eigenvalue weighted by atomic mass is 32.2. The van der Waals surface area contributed by atoms with Crippen LogP contribution in [0.25, 0.3) is 0 Å². The van der Waals surface area contributed by atoms with Gasteiger partial charge in [-0.2, -0.15) is 0 Å². The lowest BCUT2D eigenvalue weighted by atomic mass is 10.2. The first kappa shape index (κ1) is 19.2. The maximum absolute atomic E-state index is 12.9. The van der Waals surface area contributed by atoms with E-state index in [-0.39, 0.29) is 10.6 Å². The number of amides is 1. The molecular weight excluding hydrogens is 390 g/mol. The van der Waals surface area contributed by atoms with Crippen LogP contribution in [0.2, 0.25) is 0 Å². The Morgan fingerprint density at radius 3 is 2.59 bits per heavy atom. The van der Waals surface area contributed by atoms with Crippen LogP contribution in [-0.2, 0) is 10.0 Å². The van der Waals surface area contributed by atoms with E-state index >= 15 is 0 Å². The summed E-state index contributed by atoms with van der Waals surface area (Å²) in [6.45, 7) is 3.59. The molecule has 1 aliphatic carbocycles. The van der Waals surface area contributed by atoms with Crippen LogP contribution in [0.3, 0.4) is 0 Å². The van der Waals surface area contributed by atoms with Gasteiger partial charge in [-0.15, -0.1) is 0 Å². The topological polar surface area (TPSA) is 101 Å². The zero-order valence-electron chi connectivity index (χ0n) is 16.1. The number of anilines is 2. The summed E-state index contributed by atoms with van der Waals surface area (Å²) in [6.07, 6.45) is 2.09. The number of rotatable bonds is 6. The Morgan fingerprint density at radius 1 is 1.07 bits per heavy atom. The number of carbonyl (C=O) groups is 1. The average Bonchev–Trinajstić information content (AvgIpc) is 3.39. The molecule has 0 unspecified atom stereocenters. The third-order valence-corrected chi connectivity index (χ3v) is 6.27. The molecule has 0 saturated heterocycles.